The molecule has 1 saturated heterocycles. The van der Waals surface area contributed by atoms with Crippen LogP contribution in [0, 0.1) is 11.8 Å². The van der Waals surface area contributed by atoms with E-state index in [4.69, 9.17) is 23.1 Å². The summed E-state index contributed by atoms with van der Waals surface area (Å²) in [6.07, 6.45) is 0.144. The van der Waals surface area contributed by atoms with Gasteiger partial charge in [-0.25, -0.2) is 0 Å². The van der Waals surface area contributed by atoms with Crippen molar-refractivity contribution >= 4 is 28.6 Å². The Kier molecular flexibility index (Phi) is 16.9. The molecule has 2 aliphatic heterocycles. The number of carbonyl (C=O) groups is 2. The normalized spacial score (nSPS) is 31.2. The summed E-state index contributed by atoms with van der Waals surface area (Å²) < 4.78 is 31.1. The number of ether oxygens (including phenoxy) is 3. The van der Waals surface area contributed by atoms with Gasteiger partial charge in [-0.3, -0.25) is 9.59 Å². The Balaban J connectivity index is 2.33. The SMILES string of the molecule is CC[C@H](O[Si](C)(C)C(C)(C)C)[C@@H](C)[C@H]1O[C@@H]1C[C@@](C)(O)C(O)C(O)C=C(C)[C@H]1OC(=O)C[C@H](O[Si](C)(C)C(C)(C)C)CC[C@@](C)(O)[C@@H](OC(C)=O)C=C[C@@H]1C. The van der Waals surface area contributed by atoms with Gasteiger partial charge in [0.15, 0.2) is 16.6 Å². The second-order valence-electron chi connectivity index (χ2n) is 20.0. The molecule has 2 rings (SSSR count). The molecule has 0 spiro atoms. The van der Waals surface area contributed by atoms with Gasteiger partial charge in [-0.15, -0.1) is 0 Å². The molecule has 2 unspecified atom stereocenters. The number of rotatable bonds is 14. The van der Waals surface area contributed by atoms with E-state index >= 15 is 0 Å². The maximum Gasteiger partial charge on any atom is 0.308 e. The van der Waals surface area contributed by atoms with Crippen LogP contribution >= 0.6 is 0 Å². The van der Waals surface area contributed by atoms with Crippen LogP contribution in [0.4, 0.5) is 0 Å². The second-order valence-corrected chi connectivity index (χ2v) is 29.5. The predicted molar refractivity (Wildman–Crippen MR) is 221 cm³/mol. The van der Waals surface area contributed by atoms with Crippen LogP contribution in [0.25, 0.3) is 0 Å². The zero-order chi connectivity index (χ0) is 42.7. The monoisotopic (exact) mass is 815 g/mol. The molecule has 0 amide bonds. The van der Waals surface area contributed by atoms with E-state index in [1.807, 2.05) is 6.92 Å². The highest BCUT2D eigenvalue weighted by Crippen LogP contribution is 2.43. The summed E-state index contributed by atoms with van der Waals surface area (Å²) in [5, 5.41) is 45.6. The van der Waals surface area contributed by atoms with Gasteiger partial charge in [0.05, 0.1) is 30.3 Å². The van der Waals surface area contributed by atoms with Gasteiger partial charge in [0, 0.05) is 31.3 Å². The minimum atomic E-state index is -2.35. The molecule has 1 fully saturated rings. The van der Waals surface area contributed by atoms with E-state index in [2.05, 4.69) is 81.6 Å². The quantitative estimate of drug-likeness (QED) is 0.0600. The average molecular weight is 815 g/mol. The second kappa shape index (κ2) is 18.7. The van der Waals surface area contributed by atoms with Crippen molar-refractivity contribution in [3.63, 3.8) is 0 Å². The molecule has 0 aromatic carbocycles. The topological polar surface area (TPSA) is 165 Å². The van der Waals surface area contributed by atoms with E-state index < -0.39 is 76.2 Å². The molecule has 55 heavy (non-hydrogen) atoms. The highest BCUT2D eigenvalue weighted by Gasteiger charge is 2.52. The zero-order valence-electron chi connectivity index (χ0n) is 37.2. The van der Waals surface area contributed by atoms with Crippen molar-refractivity contribution in [2.24, 2.45) is 11.8 Å². The summed E-state index contributed by atoms with van der Waals surface area (Å²) in [5.74, 6) is -1.48. The zero-order valence-corrected chi connectivity index (χ0v) is 39.2. The Morgan fingerprint density at radius 3 is 2.11 bits per heavy atom. The van der Waals surface area contributed by atoms with Crippen LogP contribution in [0.2, 0.25) is 36.3 Å². The van der Waals surface area contributed by atoms with Gasteiger partial charge < -0.3 is 43.5 Å². The number of carbonyl (C=O) groups excluding carboxylic acids is 2. The maximum atomic E-state index is 13.6. The third kappa shape index (κ3) is 13.8. The summed E-state index contributed by atoms with van der Waals surface area (Å²) in [6.45, 7) is 33.7. The van der Waals surface area contributed by atoms with Gasteiger partial charge >= 0.3 is 11.9 Å². The number of hydrogen-bond donors (Lipinski definition) is 4. The molecule has 2 heterocycles. The Morgan fingerprint density at radius 2 is 1.60 bits per heavy atom. The van der Waals surface area contributed by atoms with Gasteiger partial charge in [0.1, 0.15) is 30.0 Å². The smallest absolute Gasteiger partial charge is 0.308 e. The van der Waals surface area contributed by atoms with Crippen LogP contribution in [-0.2, 0) is 32.7 Å². The summed E-state index contributed by atoms with van der Waals surface area (Å²) >= 11 is 0. The Bertz CT molecular complexity index is 1340. The molecule has 0 saturated carbocycles. The third-order valence-electron chi connectivity index (χ3n) is 12.7. The molecule has 4 N–H and O–H groups in total. The van der Waals surface area contributed by atoms with Crippen LogP contribution in [0.5, 0.6) is 0 Å². The van der Waals surface area contributed by atoms with E-state index in [1.165, 1.54) is 19.9 Å². The lowest BCUT2D eigenvalue weighted by Crippen LogP contribution is -2.48. The van der Waals surface area contributed by atoms with Crippen LogP contribution in [-0.4, -0.2) is 109 Å². The number of aliphatic hydroxyl groups is 4. The highest BCUT2D eigenvalue weighted by atomic mass is 28.4. The Labute approximate surface area is 334 Å². The van der Waals surface area contributed by atoms with Crippen molar-refractivity contribution < 1.29 is 53.1 Å². The van der Waals surface area contributed by atoms with Crippen molar-refractivity contribution in [2.45, 2.75) is 218 Å². The van der Waals surface area contributed by atoms with Gasteiger partial charge in [-0.05, 0) is 87.9 Å². The van der Waals surface area contributed by atoms with Crippen LogP contribution in [0.3, 0.4) is 0 Å². The van der Waals surface area contributed by atoms with Crippen LogP contribution < -0.4 is 0 Å². The van der Waals surface area contributed by atoms with E-state index in [1.54, 1.807) is 26.0 Å². The number of cyclic esters (lactones) is 1. The lowest BCUT2D eigenvalue weighted by molar-refractivity contribution is -0.157. The van der Waals surface area contributed by atoms with E-state index in [0.29, 0.717) is 12.0 Å². The van der Waals surface area contributed by atoms with Gasteiger partial charge in [-0.1, -0.05) is 74.5 Å². The van der Waals surface area contributed by atoms with Crippen LogP contribution in [0.1, 0.15) is 122 Å². The fourth-order valence-corrected chi connectivity index (χ4v) is 9.66. The summed E-state index contributed by atoms with van der Waals surface area (Å²) in [6, 6.07) is 0. The average Bonchev–Trinajstić information content (AvgIpc) is 3.78. The largest absolute Gasteiger partial charge is 0.457 e. The van der Waals surface area contributed by atoms with Crippen molar-refractivity contribution in [3.05, 3.63) is 23.8 Å². The molecule has 320 valence electrons. The van der Waals surface area contributed by atoms with Gasteiger partial charge in [-0.2, -0.15) is 0 Å². The summed E-state index contributed by atoms with van der Waals surface area (Å²) in [7, 11) is -4.37. The highest BCUT2D eigenvalue weighted by molar-refractivity contribution is 6.74. The Hall–Kier alpha value is -1.43. The fourth-order valence-electron chi connectivity index (χ4n) is 6.78. The molecule has 11 nitrogen and oxygen atoms in total. The van der Waals surface area contributed by atoms with E-state index in [-0.39, 0.29) is 53.6 Å². The number of epoxide rings is 1. The molecule has 0 bridgehead atoms. The van der Waals surface area contributed by atoms with Crippen molar-refractivity contribution in [3.8, 4) is 0 Å². The number of hydrogen-bond acceptors (Lipinski definition) is 11. The first-order valence-electron chi connectivity index (χ1n) is 20.3. The van der Waals surface area contributed by atoms with Crippen molar-refractivity contribution in [1.82, 2.24) is 0 Å². The minimum Gasteiger partial charge on any atom is -0.457 e. The molecule has 0 aliphatic carbocycles. The standard InChI is InChI=1S/C42H78O11Si2/c1-18-32(53-55(16,17)40(9,10)11)28(4)37-33(50-37)25-42(13,48)38(46)31(44)23-27(3)36-26(2)19-20-34(49-29(5)43)41(12,47)22-21-30(24-35(45)51-36)52-54(14,15)39(6,7)8/h19-20,23,26,28,30-34,36-38,44,46-48H,18,21-22,24-25H2,1-17H3/t26-,28+,30+,31?,32-,33+,34-,36-,37+,38?,41+,42+/m0/s1. The Morgan fingerprint density at radius 1 is 1.04 bits per heavy atom. The third-order valence-corrected chi connectivity index (χ3v) is 21.7. The molecule has 13 heteroatoms. The first-order valence-corrected chi connectivity index (χ1v) is 26.1. The van der Waals surface area contributed by atoms with Crippen LogP contribution in [0.15, 0.2) is 23.8 Å². The molecular formula is C42H78O11Si2. The molecule has 0 aromatic rings. The minimum absolute atomic E-state index is 0.00374. The van der Waals surface area contributed by atoms with E-state index in [9.17, 15) is 30.0 Å². The molecule has 0 radical (unpaired) electrons. The number of esters is 2. The van der Waals surface area contributed by atoms with Crippen molar-refractivity contribution in [2.75, 3.05) is 0 Å². The van der Waals surface area contributed by atoms with Crippen molar-refractivity contribution in [1.29, 1.82) is 0 Å². The predicted octanol–water partition coefficient (Wildman–Crippen LogP) is 7.36. The fraction of sp³-hybridized carbons (Fsp3) is 0.857. The molecule has 0 aromatic heterocycles. The lowest BCUT2D eigenvalue weighted by atomic mass is 9.85. The van der Waals surface area contributed by atoms with Gasteiger partial charge in [0.2, 0.25) is 0 Å². The molecule has 2 aliphatic rings. The first-order chi connectivity index (χ1) is 24.8. The molecule has 12 atom stereocenters. The maximum absolute atomic E-state index is 13.6. The lowest BCUT2D eigenvalue weighted by Gasteiger charge is -2.40. The van der Waals surface area contributed by atoms with E-state index in [0.717, 1.165) is 6.42 Å². The molecular weight excluding hydrogens is 737 g/mol. The number of aliphatic hydroxyl groups excluding tert-OH is 2. The first kappa shape index (κ1) is 49.7. The summed E-state index contributed by atoms with van der Waals surface area (Å²) in [5.41, 5.74) is -2.71. The van der Waals surface area contributed by atoms with Gasteiger partial charge in [0.25, 0.3) is 0 Å². The summed E-state index contributed by atoms with van der Waals surface area (Å²) in [4.78, 5) is 25.7.